The Morgan fingerprint density at radius 3 is 2.87 bits per heavy atom. The van der Waals surface area contributed by atoms with Crippen LogP contribution >= 0.6 is 0 Å². The molecule has 5 nitrogen and oxygen atoms in total. The molecule has 0 radical (unpaired) electrons. The van der Waals surface area contributed by atoms with Crippen molar-refractivity contribution in [2.24, 2.45) is 7.05 Å². The molecule has 1 aromatic rings. The van der Waals surface area contributed by atoms with Gasteiger partial charge < -0.3 is 9.84 Å². The van der Waals surface area contributed by atoms with Gasteiger partial charge in [-0.05, 0) is 6.07 Å². The fraction of sp³-hybridized carbons (Fsp3) is 0.700. The molecule has 1 aromatic heterocycles. The maximum Gasteiger partial charge on any atom is 0.0764 e. The first kappa shape index (κ1) is 12.2. The third kappa shape index (κ3) is 4.42. The summed E-state index contributed by atoms with van der Waals surface area (Å²) in [5.41, 5.74) is 1.02. The molecule has 0 spiro atoms. The van der Waals surface area contributed by atoms with E-state index < -0.39 is 0 Å². The van der Waals surface area contributed by atoms with Crippen LogP contribution in [0.25, 0.3) is 0 Å². The summed E-state index contributed by atoms with van der Waals surface area (Å²) in [5, 5.41) is 13.2. The van der Waals surface area contributed by atoms with E-state index in [0.717, 1.165) is 18.8 Å². The van der Waals surface area contributed by atoms with Gasteiger partial charge in [-0.1, -0.05) is 0 Å². The van der Waals surface area contributed by atoms with E-state index in [2.05, 4.69) is 10.00 Å². The molecule has 1 heterocycles. The third-order valence-corrected chi connectivity index (χ3v) is 2.18. The Kier molecular flexibility index (Phi) is 5.31. The van der Waals surface area contributed by atoms with Crippen LogP contribution in [0.4, 0.5) is 0 Å². The molecule has 0 atom stereocenters. The van der Waals surface area contributed by atoms with Crippen LogP contribution in [-0.2, 0) is 18.3 Å². The van der Waals surface area contributed by atoms with E-state index in [1.54, 1.807) is 11.8 Å². The largest absolute Gasteiger partial charge is 0.395 e. The van der Waals surface area contributed by atoms with Crippen LogP contribution < -0.4 is 0 Å². The lowest BCUT2D eigenvalue weighted by atomic mass is 10.3. The molecule has 0 amide bonds. The molecule has 0 unspecified atom stereocenters. The maximum absolute atomic E-state index is 8.91. The molecular formula is C10H19N3O2. The zero-order chi connectivity index (χ0) is 11.1. The van der Waals surface area contributed by atoms with Crippen LogP contribution in [-0.4, -0.2) is 53.2 Å². The number of ether oxygens (including phenoxy) is 1. The van der Waals surface area contributed by atoms with Crippen LogP contribution in [0, 0.1) is 0 Å². The average molecular weight is 213 g/mol. The normalized spacial score (nSPS) is 11.2. The Labute approximate surface area is 90.3 Å². The lowest BCUT2D eigenvalue weighted by molar-refractivity contribution is 0.126. The zero-order valence-electron chi connectivity index (χ0n) is 9.39. The number of aryl methyl sites for hydroxylation is 1. The van der Waals surface area contributed by atoms with Gasteiger partial charge in [0.15, 0.2) is 0 Å². The standard InChI is InChI=1S/C10H19N3O2/c1-12-4-3-10(11-12)9-13(5-7-14)6-8-15-2/h3-4,14H,5-9H2,1-2H3. The summed E-state index contributed by atoms with van der Waals surface area (Å²) in [6, 6.07) is 1.98. The average Bonchev–Trinajstić information content (AvgIpc) is 2.61. The van der Waals surface area contributed by atoms with Crippen LogP contribution in [0.15, 0.2) is 12.3 Å². The van der Waals surface area contributed by atoms with E-state index in [-0.39, 0.29) is 6.61 Å². The van der Waals surface area contributed by atoms with Gasteiger partial charge in [0.1, 0.15) is 0 Å². The smallest absolute Gasteiger partial charge is 0.0764 e. The lowest BCUT2D eigenvalue weighted by Gasteiger charge is -2.19. The Balaban J connectivity index is 2.42. The summed E-state index contributed by atoms with van der Waals surface area (Å²) in [4.78, 5) is 2.12. The Bertz CT molecular complexity index is 275. The second-order valence-electron chi connectivity index (χ2n) is 3.47. The predicted molar refractivity (Wildman–Crippen MR) is 57.4 cm³/mol. The van der Waals surface area contributed by atoms with Crippen molar-refractivity contribution >= 4 is 0 Å². The number of methoxy groups -OCH3 is 1. The molecule has 1 rings (SSSR count). The topological polar surface area (TPSA) is 50.5 Å². The summed E-state index contributed by atoms with van der Waals surface area (Å²) in [7, 11) is 3.58. The summed E-state index contributed by atoms with van der Waals surface area (Å²) in [6.45, 7) is 3.06. The highest BCUT2D eigenvalue weighted by Gasteiger charge is 2.06. The second-order valence-corrected chi connectivity index (χ2v) is 3.47. The van der Waals surface area contributed by atoms with Crippen molar-refractivity contribution in [2.45, 2.75) is 6.54 Å². The molecule has 0 aliphatic rings. The van der Waals surface area contributed by atoms with E-state index in [9.17, 15) is 0 Å². The molecule has 0 aliphatic heterocycles. The molecule has 0 aliphatic carbocycles. The van der Waals surface area contributed by atoms with Crippen LogP contribution in [0.2, 0.25) is 0 Å². The first-order valence-electron chi connectivity index (χ1n) is 5.07. The van der Waals surface area contributed by atoms with E-state index >= 15 is 0 Å². The number of hydrogen-bond donors (Lipinski definition) is 1. The third-order valence-electron chi connectivity index (χ3n) is 2.18. The minimum absolute atomic E-state index is 0.163. The molecule has 1 N–H and O–H groups in total. The lowest BCUT2D eigenvalue weighted by Crippen LogP contribution is -2.30. The molecule has 86 valence electrons. The number of aliphatic hydroxyl groups excluding tert-OH is 1. The SMILES string of the molecule is COCCN(CCO)Cc1ccn(C)n1. The van der Waals surface area contributed by atoms with Gasteiger partial charge in [-0.15, -0.1) is 0 Å². The second kappa shape index (κ2) is 6.55. The number of hydrogen-bond acceptors (Lipinski definition) is 4. The zero-order valence-corrected chi connectivity index (χ0v) is 9.39. The highest BCUT2D eigenvalue weighted by atomic mass is 16.5. The van der Waals surface area contributed by atoms with Gasteiger partial charge in [-0.3, -0.25) is 9.58 Å². The highest BCUT2D eigenvalue weighted by Crippen LogP contribution is 2.00. The number of aromatic nitrogens is 2. The predicted octanol–water partition coefficient (Wildman–Crippen LogP) is -0.139. The van der Waals surface area contributed by atoms with Gasteiger partial charge in [-0.2, -0.15) is 5.10 Å². The van der Waals surface area contributed by atoms with E-state index in [1.165, 1.54) is 0 Å². The first-order valence-corrected chi connectivity index (χ1v) is 5.07. The number of rotatable bonds is 7. The molecular weight excluding hydrogens is 194 g/mol. The van der Waals surface area contributed by atoms with Crippen molar-refractivity contribution < 1.29 is 9.84 Å². The van der Waals surface area contributed by atoms with Gasteiger partial charge >= 0.3 is 0 Å². The Hall–Kier alpha value is -0.910. The van der Waals surface area contributed by atoms with Crippen LogP contribution in [0.5, 0.6) is 0 Å². The molecule has 0 aromatic carbocycles. The first-order chi connectivity index (χ1) is 7.26. The molecule has 0 saturated heterocycles. The van der Waals surface area contributed by atoms with Crippen molar-refractivity contribution in [2.75, 3.05) is 33.4 Å². The van der Waals surface area contributed by atoms with Gasteiger partial charge in [-0.25, -0.2) is 0 Å². The molecule has 0 saturated carbocycles. The van der Waals surface area contributed by atoms with Crippen molar-refractivity contribution in [3.8, 4) is 0 Å². The Morgan fingerprint density at radius 2 is 2.33 bits per heavy atom. The quantitative estimate of drug-likeness (QED) is 0.685. The number of nitrogens with zero attached hydrogens (tertiary/aromatic N) is 3. The van der Waals surface area contributed by atoms with E-state index in [0.29, 0.717) is 13.2 Å². The summed E-state index contributed by atoms with van der Waals surface area (Å²) >= 11 is 0. The van der Waals surface area contributed by atoms with Crippen molar-refractivity contribution in [3.63, 3.8) is 0 Å². The van der Waals surface area contributed by atoms with Gasteiger partial charge in [0, 0.05) is 40.0 Å². The fourth-order valence-corrected chi connectivity index (χ4v) is 1.41. The van der Waals surface area contributed by atoms with Gasteiger partial charge in [0.05, 0.1) is 18.9 Å². The summed E-state index contributed by atoms with van der Waals surface area (Å²) in [5.74, 6) is 0. The Morgan fingerprint density at radius 1 is 1.53 bits per heavy atom. The van der Waals surface area contributed by atoms with Crippen molar-refractivity contribution in [1.29, 1.82) is 0 Å². The minimum Gasteiger partial charge on any atom is -0.395 e. The van der Waals surface area contributed by atoms with E-state index in [1.807, 2.05) is 19.3 Å². The molecule has 0 fully saturated rings. The van der Waals surface area contributed by atoms with Crippen molar-refractivity contribution in [3.05, 3.63) is 18.0 Å². The van der Waals surface area contributed by atoms with Crippen LogP contribution in [0.1, 0.15) is 5.69 Å². The number of aliphatic hydroxyl groups is 1. The van der Waals surface area contributed by atoms with Crippen molar-refractivity contribution in [1.82, 2.24) is 14.7 Å². The van der Waals surface area contributed by atoms with Gasteiger partial charge in [0.25, 0.3) is 0 Å². The minimum atomic E-state index is 0.163. The fourth-order valence-electron chi connectivity index (χ4n) is 1.41. The summed E-state index contributed by atoms with van der Waals surface area (Å²) in [6.07, 6.45) is 1.92. The van der Waals surface area contributed by atoms with Crippen LogP contribution in [0.3, 0.4) is 0 Å². The monoisotopic (exact) mass is 213 g/mol. The maximum atomic E-state index is 8.91. The van der Waals surface area contributed by atoms with Gasteiger partial charge in [0.2, 0.25) is 0 Å². The molecule has 0 bridgehead atoms. The molecule has 15 heavy (non-hydrogen) atoms. The molecule has 5 heteroatoms. The van der Waals surface area contributed by atoms with E-state index in [4.69, 9.17) is 9.84 Å². The summed E-state index contributed by atoms with van der Waals surface area (Å²) < 4.78 is 6.79. The highest BCUT2D eigenvalue weighted by molar-refractivity contribution is 4.98.